The highest BCUT2D eigenvalue weighted by atomic mass is 32.2. The van der Waals surface area contributed by atoms with Crippen LogP contribution in [0, 0.1) is 0 Å². The lowest BCUT2D eigenvalue weighted by molar-refractivity contribution is -0.122. The zero-order chi connectivity index (χ0) is 12.2. The molecule has 1 unspecified atom stereocenters. The van der Waals surface area contributed by atoms with Crippen LogP contribution in [-0.2, 0) is 14.8 Å². The van der Waals surface area contributed by atoms with Crippen molar-refractivity contribution in [3.05, 3.63) is 30.3 Å². The SMILES string of the molecule is CC(Oc1ccccc1)C(=O)CS(N)(=O)=O. The monoisotopic (exact) mass is 243 g/mol. The fraction of sp³-hybridized carbons (Fsp3) is 0.300. The maximum Gasteiger partial charge on any atom is 0.216 e. The molecule has 0 fully saturated rings. The molecule has 0 aliphatic heterocycles. The molecule has 1 aromatic carbocycles. The Morgan fingerprint density at radius 2 is 1.94 bits per heavy atom. The van der Waals surface area contributed by atoms with Crippen LogP contribution in [0.2, 0.25) is 0 Å². The molecule has 5 nitrogen and oxygen atoms in total. The summed E-state index contributed by atoms with van der Waals surface area (Å²) in [4.78, 5) is 11.4. The first-order valence-electron chi connectivity index (χ1n) is 4.63. The van der Waals surface area contributed by atoms with Gasteiger partial charge in [0.2, 0.25) is 10.0 Å². The van der Waals surface area contributed by atoms with Gasteiger partial charge in [0, 0.05) is 0 Å². The summed E-state index contributed by atoms with van der Waals surface area (Å²) in [5, 5.41) is 4.76. The summed E-state index contributed by atoms with van der Waals surface area (Å²) in [6.45, 7) is 1.49. The van der Waals surface area contributed by atoms with Crippen molar-refractivity contribution in [1.29, 1.82) is 0 Å². The molecular formula is C10H13NO4S. The molecule has 0 aliphatic rings. The number of hydrogen-bond donors (Lipinski definition) is 1. The van der Waals surface area contributed by atoms with Gasteiger partial charge in [0.05, 0.1) is 0 Å². The Morgan fingerprint density at radius 1 is 1.38 bits per heavy atom. The Labute approximate surface area is 94.3 Å². The van der Waals surface area contributed by atoms with E-state index >= 15 is 0 Å². The van der Waals surface area contributed by atoms with Crippen LogP contribution in [0.3, 0.4) is 0 Å². The molecule has 0 bridgehead atoms. The van der Waals surface area contributed by atoms with Gasteiger partial charge in [-0.1, -0.05) is 18.2 Å². The predicted molar refractivity (Wildman–Crippen MR) is 59.5 cm³/mol. The first-order valence-corrected chi connectivity index (χ1v) is 6.35. The molecule has 1 rings (SSSR count). The first kappa shape index (κ1) is 12.7. The van der Waals surface area contributed by atoms with Crippen LogP contribution in [0.15, 0.2) is 30.3 Å². The summed E-state index contributed by atoms with van der Waals surface area (Å²) in [5.74, 6) is -0.759. The molecule has 0 amide bonds. The van der Waals surface area contributed by atoms with E-state index in [0.29, 0.717) is 5.75 Å². The third-order valence-corrected chi connectivity index (χ3v) is 2.54. The topological polar surface area (TPSA) is 86.5 Å². The number of benzene rings is 1. The summed E-state index contributed by atoms with van der Waals surface area (Å²) >= 11 is 0. The molecule has 0 aromatic heterocycles. The molecule has 0 spiro atoms. The minimum Gasteiger partial charge on any atom is -0.483 e. The standard InChI is InChI=1S/C10H13NO4S/c1-8(10(12)7-16(11,13)14)15-9-5-3-2-4-6-9/h2-6,8H,7H2,1H3,(H2,11,13,14). The van der Waals surface area contributed by atoms with E-state index in [1.165, 1.54) is 6.92 Å². The van der Waals surface area contributed by atoms with Crippen molar-refractivity contribution in [2.24, 2.45) is 5.14 Å². The number of Topliss-reactive ketones (excluding diaryl/α,β-unsaturated/α-hetero) is 1. The van der Waals surface area contributed by atoms with E-state index in [1.807, 2.05) is 6.07 Å². The van der Waals surface area contributed by atoms with Crippen molar-refractivity contribution < 1.29 is 17.9 Å². The third kappa shape index (κ3) is 4.41. The number of ether oxygens (including phenoxy) is 1. The molecule has 0 saturated heterocycles. The van der Waals surface area contributed by atoms with E-state index < -0.39 is 27.7 Å². The van der Waals surface area contributed by atoms with Crippen molar-refractivity contribution in [2.45, 2.75) is 13.0 Å². The van der Waals surface area contributed by atoms with Gasteiger partial charge in [-0.3, -0.25) is 4.79 Å². The third-order valence-electron chi connectivity index (χ3n) is 1.85. The quantitative estimate of drug-likeness (QED) is 0.806. The second kappa shape index (κ2) is 5.09. The molecule has 88 valence electrons. The smallest absolute Gasteiger partial charge is 0.216 e. The average Bonchev–Trinajstić information content (AvgIpc) is 2.16. The summed E-state index contributed by atoms with van der Waals surface area (Å²) in [6, 6.07) is 8.68. The number of carbonyl (C=O) groups is 1. The van der Waals surface area contributed by atoms with Crippen molar-refractivity contribution in [3.8, 4) is 5.75 Å². The van der Waals surface area contributed by atoms with Crippen LogP contribution in [-0.4, -0.2) is 26.1 Å². The number of primary sulfonamides is 1. The zero-order valence-corrected chi connectivity index (χ0v) is 9.61. The van der Waals surface area contributed by atoms with Gasteiger partial charge in [0.25, 0.3) is 0 Å². The largest absolute Gasteiger partial charge is 0.483 e. The Morgan fingerprint density at radius 3 is 2.44 bits per heavy atom. The van der Waals surface area contributed by atoms with Gasteiger partial charge < -0.3 is 4.74 Å². The zero-order valence-electron chi connectivity index (χ0n) is 8.79. The van der Waals surface area contributed by atoms with E-state index in [1.54, 1.807) is 24.3 Å². The van der Waals surface area contributed by atoms with Gasteiger partial charge in [0.1, 0.15) is 11.5 Å². The Hall–Kier alpha value is -1.40. The Balaban J connectivity index is 2.60. The van der Waals surface area contributed by atoms with E-state index in [0.717, 1.165) is 0 Å². The minimum absolute atomic E-state index is 0.512. The second-order valence-electron chi connectivity index (χ2n) is 3.35. The van der Waals surface area contributed by atoms with Gasteiger partial charge in [-0.2, -0.15) is 0 Å². The lowest BCUT2D eigenvalue weighted by atomic mass is 10.3. The van der Waals surface area contributed by atoms with Gasteiger partial charge in [0.15, 0.2) is 11.9 Å². The van der Waals surface area contributed by atoms with Gasteiger partial charge in [-0.15, -0.1) is 0 Å². The molecular weight excluding hydrogens is 230 g/mol. The molecule has 2 N–H and O–H groups in total. The number of carbonyl (C=O) groups excluding carboxylic acids is 1. The van der Waals surface area contributed by atoms with Gasteiger partial charge in [-0.25, -0.2) is 13.6 Å². The van der Waals surface area contributed by atoms with E-state index in [9.17, 15) is 13.2 Å². The molecule has 0 heterocycles. The highest BCUT2D eigenvalue weighted by Gasteiger charge is 2.19. The predicted octanol–water partition coefficient (Wildman–Crippen LogP) is 0.311. The van der Waals surface area contributed by atoms with Crippen LogP contribution in [0.4, 0.5) is 0 Å². The van der Waals surface area contributed by atoms with Crippen LogP contribution >= 0.6 is 0 Å². The molecule has 0 aliphatic carbocycles. The number of nitrogens with two attached hydrogens (primary N) is 1. The lowest BCUT2D eigenvalue weighted by Gasteiger charge is -2.12. The van der Waals surface area contributed by atoms with E-state index in [-0.39, 0.29) is 0 Å². The van der Waals surface area contributed by atoms with Crippen LogP contribution in [0.1, 0.15) is 6.92 Å². The van der Waals surface area contributed by atoms with Crippen molar-refractivity contribution in [2.75, 3.05) is 5.75 Å². The number of sulfonamides is 1. The van der Waals surface area contributed by atoms with Crippen LogP contribution in [0.25, 0.3) is 0 Å². The molecule has 0 radical (unpaired) electrons. The highest BCUT2D eigenvalue weighted by Crippen LogP contribution is 2.11. The summed E-state index contributed by atoms with van der Waals surface area (Å²) in [7, 11) is -3.79. The van der Waals surface area contributed by atoms with Gasteiger partial charge in [-0.05, 0) is 19.1 Å². The van der Waals surface area contributed by atoms with E-state index in [4.69, 9.17) is 9.88 Å². The van der Waals surface area contributed by atoms with Crippen molar-refractivity contribution >= 4 is 15.8 Å². The van der Waals surface area contributed by atoms with Crippen LogP contribution in [0.5, 0.6) is 5.75 Å². The molecule has 0 saturated carbocycles. The van der Waals surface area contributed by atoms with Crippen molar-refractivity contribution in [3.63, 3.8) is 0 Å². The van der Waals surface area contributed by atoms with Crippen molar-refractivity contribution in [1.82, 2.24) is 0 Å². The van der Waals surface area contributed by atoms with E-state index in [2.05, 4.69) is 0 Å². The second-order valence-corrected chi connectivity index (χ2v) is 4.96. The molecule has 1 aromatic rings. The average molecular weight is 243 g/mol. The summed E-state index contributed by atoms with van der Waals surface area (Å²) in [6.07, 6.45) is -0.833. The summed E-state index contributed by atoms with van der Waals surface area (Å²) < 4.78 is 26.7. The number of hydrogen-bond acceptors (Lipinski definition) is 4. The maximum atomic E-state index is 11.4. The fourth-order valence-electron chi connectivity index (χ4n) is 1.08. The Bertz CT molecular complexity index is 455. The Kier molecular flexibility index (Phi) is 4.03. The van der Waals surface area contributed by atoms with Gasteiger partial charge >= 0.3 is 0 Å². The number of rotatable bonds is 5. The minimum atomic E-state index is -3.79. The molecule has 1 atom stereocenters. The normalized spacial score (nSPS) is 13.1. The first-order chi connectivity index (χ1) is 7.38. The highest BCUT2D eigenvalue weighted by molar-refractivity contribution is 7.89. The number of ketones is 1. The molecule has 16 heavy (non-hydrogen) atoms. The number of para-hydroxylation sites is 1. The molecule has 6 heteroatoms. The lowest BCUT2D eigenvalue weighted by Crippen LogP contribution is -2.33. The maximum absolute atomic E-state index is 11.4. The summed E-state index contributed by atoms with van der Waals surface area (Å²) in [5.41, 5.74) is 0. The fourth-order valence-corrected chi connectivity index (χ4v) is 1.72. The van der Waals surface area contributed by atoms with Crippen LogP contribution < -0.4 is 9.88 Å².